The molecule has 3 atom stereocenters. The van der Waals surface area contributed by atoms with Crippen LogP contribution in [-0.4, -0.2) is 46.9 Å². The fourth-order valence-corrected chi connectivity index (χ4v) is 8.03. The van der Waals surface area contributed by atoms with Gasteiger partial charge in [-0.1, -0.05) is 256 Å². The molecule has 0 heterocycles. The molecule has 0 aliphatic heterocycles. The number of amides is 1. The Morgan fingerprint density at radius 1 is 0.492 bits per heavy atom. The highest BCUT2D eigenvalue weighted by Crippen LogP contribution is 2.18. The van der Waals surface area contributed by atoms with Gasteiger partial charge in [-0.2, -0.15) is 0 Å². The number of esters is 1. The van der Waals surface area contributed by atoms with Crippen molar-refractivity contribution in [1.29, 1.82) is 0 Å². The fourth-order valence-electron chi connectivity index (χ4n) is 8.03. The highest BCUT2D eigenvalue weighted by Gasteiger charge is 2.24. The summed E-state index contributed by atoms with van der Waals surface area (Å²) in [6.45, 7) is 6.35. The van der Waals surface area contributed by atoms with Gasteiger partial charge in [0.1, 0.15) is 6.10 Å². The second-order valence-corrected chi connectivity index (χ2v) is 18.0. The summed E-state index contributed by atoms with van der Waals surface area (Å²) in [4.78, 5) is 26.1. The lowest BCUT2D eigenvalue weighted by molar-refractivity contribution is -0.151. The maximum Gasteiger partial charge on any atom is 0.306 e. The van der Waals surface area contributed by atoms with Crippen LogP contribution < -0.4 is 5.32 Å². The molecule has 3 unspecified atom stereocenters. The molecule has 6 heteroatoms. The third-order valence-electron chi connectivity index (χ3n) is 12.0. The normalized spacial score (nSPS) is 13.6. The van der Waals surface area contributed by atoms with E-state index in [-0.39, 0.29) is 24.9 Å². The molecule has 0 aromatic carbocycles. The Hall–Kier alpha value is -2.18. The average molecular weight is 856 g/mol. The van der Waals surface area contributed by atoms with Crippen LogP contribution >= 0.6 is 0 Å². The Bertz CT molecular complexity index is 1050. The fraction of sp³-hybridized carbons (Fsp3) is 0.818. The Morgan fingerprint density at radius 2 is 0.885 bits per heavy atom. The maximum absolute atomic E-state index is 13.2. The molecule has 0 aliphatic carbocycles. The van der Waals surface area contributed by atoms with Gasteiger partial charge in [0.05, 0.1) is 25.2 Å². The molecule has 0 spiro atoms. The Kier molecular flexibility index (Phi) is 47.1. The molecule has 0 aromatic heterocycles. The van der Waals surface area contributed by atoms with Gasteiger partial charge < -0.3 is 20.3 Å². The van der Waals surface area contributed by atoms with Gasteiger partial charge in [0.2, 0.25) is 5.91 Å². The third kappa shape index (κ3) is 44.2. The number of aliphatic hydroxyl groups is 2. The summed E-state index contributed by atoms with van der Waals surface area (Å²) in [5.74, 6) is -0.510. The van der Waals surface area contributed by atoms with Crippen molar-refractivity contribution in [3.63, 3.8) is 0 Å². The smallest absolute Gasteiger partial charge is 0.306 e. The lowest BCUT2D eigenvalue weighted by atomic mass is 10.0. The van der Waals surface area contributed by atoms with Crippen LogP contribution in [0.1, 0.15) is 265 Å². The van der Waals surface area contributed by atoms with Gasteiger partial charge in [-0.3, -0.25) is 9.59 Å². The van der Waals surface area contributed by atoms with Crippen LogP contribution in [0.5, 0.6) is 0 Å². The molecule has 0 saturated heterocycles. The highest BCUT2D eigenvalue weighted by molar-refractivity contribution is 5.77. The molecular weight excluding hydrogens is 755 g/mol. The number of aliphatic hydroxyl groups excluding tert-OH is 2. The number of rotatable bonds is 47. The minimum absolute atomic E-state index is 0.0643. The quantitative estimate of drug-likeness (QED) is 0.0322. The van der Waals surface area contributed by atoms with Gasteiger partial charge >= 0.3 is 5.97 Å². The van der Waals surface area contributed by atoms with Gasteiger partial charge in [0.15, 0.2) is 0 Å². The SMILES string of the molecule is CC/C=C/C=C/C=C\C=C/CCCCCC(=O)OC(CCCCCCCCCCCCCCCCC)CC(=O)NC(CO)C(O)CCCCCCCCCCCCCCCC. The molecule has 0 radical (unpaired) electrons. The zero-order valence-electron chi connectivity index (χ0n) is 40.5. The lowest BCUT2D eigenvalue weighted by Crippen LogP contribution is -2.46. The molecule has 0 saturated carbocycles. The zero-order valence-corrected chi connectivity index (χ0v) is 40.5. The molecule has 1 amide bonds. The predicted molar refractivity (Wildman–Crippen MR) is 264 cm³/mol. The minimum atomic E-state index is -0.793. The summed E-state index contributed by atoms with van der Waals surface area (Å²) in [6, 6.07) is -0.708. The summed E-state index contributed by atoms with van der Waals surface area (Å²) in [6.07, 6.45) is 58.8. The second-order valence-electron chi connectivity index (χ2n) is 18.0. The lowest BCUT2D eigenvalue weighted by Gasteiger charge is -2.24. The Labute approximate surface area is 378 Å². The number of hydrogen-bond donors (Lipinski definition) is 3. The van der Waals surface area contributed by atoms with E-state index in [1.54, 1.807) is 0 Å². The largest absolute Gasteiger partial charge is 0.462 e. The van der Waals surface area contributed by atoms with E-state index >= 15 is 0 Å². The van der Waals surface area contributed by atoms with E-state index in [0.29, 0.717) is 19.3 Å². The molecule has 6 nitrogen and oxygen atoms in total. The number of hydrogen-bond acceptors (Lipinski definition) is 5. The minimum Gasteiger partial charge on any atom is -0.462 e. The number of ether oxygens (including phenoxy) is 1. The van der Waals surface area contributed by atoms with E-state index < -0.39 is 18.2 Å². The van der Waals surface area contributed by atoms with E-state index in [9.17, 15) is 19.8 Å². The third-order valence-corrected chi connectivity index (χ3v) is 12.0. The van der Waals surface area contributed by atoms with Gasteiger partial charge in [-0.05, 0) is 44.9 Å². The maximum atomic E-state index is 13.2. The topological polar surface area (TPSA) is 95.9 Å². The van der Waals surface area contributed by atoms with E-state index in [1.807, 2.05) is 24.3 Å². The average Bonchev–Trinajstić information content (AvgIpc) is 3.25. The summed E-state index contributed by atoms with van der Waals surface area (Å²) in [7, 11) is 0. The van der Waals surface area contributed by atoms with Crippen molar-refractivity contribution in [2.45, 2.75) is 283 Å². The van der Waals surface area contributed by atoms with Crippen molar-refractivity contribution in [3.8, 4) is 0 Å². The first kappa shape index (κ1) is 58.8. The van der Waals surface area contributed by atoms with E-state index in [4.69, 9.17) is 4.74 Å². The Morgan fingerprint density at radius 3 is 1.33 bits per heavy atom. The standard InChI is InChI=1S/C55H101NO5/c1-4-7-10-13-16-19-22-25-27-29-31-34-37-40-43-46-51(61-55(60)48-45-42-39-36-33-28-24-21-18-15-12-9-6-3)49-54(59)56-52(50-57)53(58)47-44-41-38-35-32-30-26-23-20-17-14-11-8-5-2/h9,12,15,18,21,24,28,33,51-53,57-58H,4-8,10-11,13-14,16-17,19-20,22-23,25-27,29-32,34-50H2,1-3H3,(H,56,59)/b12-9+,18-15+,24-21-,33-28-. The first-order chi connectivity index (χ1) is 30.0. The highest BCUT2D eigenvalue weighted by atomic mass is 16.5. The van der Waals surface area contributed by atoms with Crippen LogP contribution in [0.4, 0.5) is 0 Å². The summed E-state index contributed by atoms with van der Waals surface area (Å²) in [5, 5.41) is 23.8. The molecule has 3 N–H and O–H groups in total. The van der Waals surface area contributed by atoms with Crippen LogP contribution in [0, 0.1) is 0 Å². The van der Waals surface area contributed by atoms with Crippen LogP contribution in [0.25, 0.3) is 0 Å². The van der Waals surface area contributed by atoms with E-state index in [1.165, 1.54) is 154 Å². The number of nitrogens with one attached hydrogen (secondary N) is 1. The number of allylic oxidation sites excluding steroid dienone is 8. The predicted octanol–water partition coefficient (Wildman–Crippen LogP) is 15.8. The molecule has 0 rings (SSSR count). The number of carbonyl (C=O) groups excluding carboxylic acids is 2. The van der Waals surface area contributed by atoms with Crippen molar-refractivity contribution in [2.24, 2.45) is 0 Å². The monoisotopic (exact) mass is 856 g/mol. The number of carbonyl (C=O) groups is 2. The first-order valence-corrected chi connectivity index (χ1v) is 26.4. The van der Waals surface area contributed by atoms with Crippen molar-refractivity contribution < 1.29 is 24.5 Å². The van der Waals surface area contributed by atoms with Gasteiger partial charge in [0, 0.05) is 6.42 Å². The van der Waals surface area contributed by atoms with Crippen molar-refractivity contribution in [1.82, 2.24) is 5.32 Å². The van der Waals surface area contributed by atoms with Crippen LogP contribution in [-0.2, 0) is 14.3 Å². The van der Waals surface area contributed by atoms with Crippen molar-refractivity contribution in [3.05, 3.63) is 48.6 Å². The summed E-state index contributed by atoms with van der Waals surface area (Å²) < 4.78 is 5.92. The molecule has 0 aliphatic rings. The van der Waals surface area contributed by atoms with E-state index in [2.05, 4.69) is 50.4 Å². The van der Waals surface area contributed by atoms with Gasteiger partial charge in [-0.15, -0.1) is 0 Å². The van der Waals surface area contributed by atoms with Crippen LogP contribution in [0.15, 0.2) is 48.6 Å². The van der Waals surface area contributed by atoms with Gasteiger partial charge in [-0.25, -0.2) is 0 Å². The van der Waals surface area contributed by atoms with Crippen molar-refractivity contribution >= 4 is 11.9 Å². The molecule has 356 valence electrons. The zero-order chi connectivity index (χ0) is 44.5. The van der Waals surface area contributed by atoms with Crippen LogP contribution in [0.2, 0.25) is 0 Å². The molecule has 61 heavy (non-hydrogen) atoms. The Balaban J connectivity index is 4.60. The van der Waals surface area contributed by atoms with Gasteiger partial charge in [0.25, 0.3) is 0 Å². The van der Waals surface area contributed by atoms with E-state index in [0.717, 1.165) is 64.2 Å². The summed E-state index contributed by atoms with van der Waals surface area (Å²) >= 11 is 0. The van der Waals surface area contributed by atoms with Crippen LogP contribution in [0.3, 0.4) is 0 Å². The molecule has 0 fully saturated rings. The van der Waals surface area contributed by atoms with Crippen molar-refractivity contribution in [2.75, 3.05) is 6.61 Å². The molecule has 0 aromatic rings. The first-order valence-electron chi connectivity index (χ1n) is 26.4. The number of unbranched alkanes of at least 4 members (excludes halogenated alkanes) is 30. The molecular formula is C55H101NO5. The second kappa shape index (κ2) is 48.8. The summed E-state index contributed by atoms with van der Waals surface area (Å²) in [5.41, 5.74) is 0. The molecule has 0 bridgehead atoms.